The Balaban J connectivity index is 1.36. The van der Waals surface area contributed by atoms with Crippen LogP contribution in [0.5, 0.6) is 23.0 Å². The first-order valence-corrected chi connectivity index (χ1v) is 10.4. The van der Waals surface area contributed by atoms with Crippen molar-refractivity contribution in [2.75, 3.05) is 32.2 Å². The Labute approximate surface area is 172 Å². The number of thioether (sulfide) groups is 1. The Morgan fingerprint density at radius 3 is 2.31 bits per heavy atom. The van der Waals surface area contributed by atoms with E-state index in [2.05, 4.69) is 6.07 Å². The zero-order valence-corrected chi connectivity index (χ0v) is 16.7. The molecule has 0 fully saturated rings. The van der Waals surface area contributed by atoms with Crippen LogP contribution in [0.1, 0.15) is 15.9 Å². The van der Waals surface area contributed by atoms with Crippen LogP contribution in [0.4, 0.5) is 0 Å². The standard InChI is InChI=1S/C22H19NO5S/c1-13-8-15-10-20-21(28-7-6-27-20)11-16(15)23-22(13)29-12-17(24)14-2-3-18-19(9-14)26-5-4-25-18/h2-3,8-11H,4-7,12H2,1H3. The van der Waals surface area contributed by atoms with Crippen molar-refractivity contribution in [1.82, 2.24) is 4.98 Å². The van der Waals surface area contributed by atoms with E-state index in [0.29, 0.717) is 55.0 Å². The molecule has 7 heteroatoms. The molecule has 5 rings (SSSR count). The number of carbonyl (C=O) groups excluding carboxylic acids is 1. The largest absolute Gasteiger partial charge is 0.486 e. The predicted octanol–water partition coefficient (Wildman–Crippen LogP) is 4.06. The van der Waals surface area contributed by atoms with E-state index in [0.717, 1.165) is 27.2 Å². The molecular weight excluding hydrogens is 390 g/mol. The molecule has 3 heterocycles. The molecule has 0 bridgehead atoms. The number of rotatable bonds is 4. The lowest BCUT2D eigenvalue weighted by Gasteiger charge is -2.19. The first-order chi connectivity index (χ1) is 14.2. The van der Waals surface area contributed by atoms with E-state index >= 15 is 0 Å². The molecule has 2 aromatic carbocycles. The Morgan fingerprint density at radius 2 is 1.55 bits per heavy atom. The monoisotopic (exact) mass is 409 g/mol. The molecule has 148 valence electrons. The van der Waals surface area contributed by atoms with Gasteiger partial charge in [0.2, 0.25) is 0 Å². The molecule has 0 unspecified atom stereocenters. The van der Waals surface area contributed by atoms with Gasteiger partial charge in [0.1, 0.15) is 31.5 Å². The molecule has 0 radical (unpaired) electrons. The lowest BCUT2D eigenvalue weighted by molar-refractivity contribution is 0.102. The minimum absolute atomic E-state index is 0.0236. The number of nitrogens with zero attached hydrogens (tertiary/aromatic N) is 1. The molecule has 1 aromatic heterocycles. The van der Waals surface area contributed by atoms with Crippen LogP contribution in [0.2, 0.25) is 0 Å². The molecule has 0 aliphatic carbocycles. The number of hydrogen-bond donors (Lipinski definition) is 0. The fourth-order valence-corrected chi connectivity index (χ4v) is 4.26. The van der Waals surface area contributed by atoms with Crippen LogP contribution in [-0.2, 0) is 0 Å². The molecule has 6 nitrogen and oxygen atoms in total. The van der Waals surface area contributed by atoms with E-state index in [9.17, 15) is 4.79 Å². The second-order valence-corrected chi connectivity index (χ2v) is 7.83. The van der Waals surface area contributed by atoms with Crippen molar-refractivity contribution >= 4 is 28.4 Å². The second kappa shape index (κ2) is 7.48. The van der Waals surface area contributed by atoms with E-state index in [1.54, 1.807) is 18.2 Å². The maximum atomic E-state index is 12.7. The van der Waals surface area contributed by atoms with Gasteiger partial charge in [-0.05, 0) is 42.8 Å². The summed E-state index contributed by atoms with van der Waals surface area (Å²) in [5.74, 6) is 3.09. The Bertz CT molecular complexity index is 1110. The minimum Gasteiger partial charge on any atom is -0.486 e. The predicted molar refractivity (Wildman–Crippen MR) is 110 cm³/mol. The first kappa shape index (κ1) is 18.1. The van der Waals surface area contributed by atoms with Crippen molar-refractivity contribution < 1.29 is 23.7 Å². The number of ketones is 1. The first-order valence-electron chi connectivity index (χ1n) is 9.44. The normalized spacial score (nSPS) is 14.7. The third-order valence-corrected chi connectivity index (χ3v) is 5.92. The third-order valence-electron chi connectivity index (χ3n) is 4.83. The highest BCUT2D eigenvalue weighted by Gasteiger charge is 2.17. The van der Waals surface area contributed by atoms with E-state index in [4.69, 9.17) is 23.9 Å². The van der Waals surface area contributed by atoms with Gasteiger partial charge in [0.05, 0.1) is 11.3 Å². The fraction of sp³-hybridized carbons (Fsp3) is 0.273. The van der Waals surface area contributed by atoms with Gasteiger partial charge in [-0.25, -0.2) is 4.98 Å². The van der Waals surface area contributed by atoms with Crippen molar-refractivity contribution in [2.24, 2.45) is 0 Å². The number of ether oxygens (including phenoxy) is 4. The van der Waals surface area contributed by atoms with Crippen LogP contribution in [0.25, 0.3) is 10.9 Å². The molecule has 0 saturated heterocycles. The van der Waals surface area contributed by atoms with Gasteiger partial charge >= 0.3 is 0 Å². The van der Waals surface area contributed by atoms with Gasteiger partial charge in [-0.15, -0.1) is 0 Å². The van der Waals surface area contributed by atoms with Crippen molar-refractivity contribution in [2.45, 2.75) is 11.9 Å². The lowest BCUT2D eigenvalue weighted by atomic mass is 10.1. The number of aryl methyl sites for hydroxylation is 1. The van der Waals surface area contributed by atoms with E-state index in [1.165, 1.54) is 11.8 Å². The summed E-state index contributed by atoms with van der Waals surface area (Å²) in [6.45, 7) is 4.12. The summed E-state index contributed by atoms with van der Waals surface area (Å²) < 4.78 is 22.4. The fourth-order valence-electron chi connectivity index (χ4n) is 3.38. The van der Waals surface area contributed by atoms with Crippen LogP contribution in [-0.4, -0.2) is 42.9 Å². The van der Waals surface area contributed by atoms with E-state index in [1.807, 2.05) is 19.1 Å². The average molecular weight is 409 g/mol. The molecule has 0 saturated carbocycles. The summed E-state index contributed by atoms with van der Waals surface area (Å²) in [6.07, 6.45) is 0. The number of fused-ring (bicyclic) bond motifs is 3. The summed E-state index contributed by atoms with van der Waals surface area (Å²) in [6, 6.07) is 11.2. The highest BCUT2D eigenvalue weighted by molar-refractivity contribution is 8.00. The van der Waals surface area contributed by atoms with Gasteiger partial charge in [-0.3, -0.25) is 4.79 Å². The second-order valence-electron chi connectivity index (χ2n) is 6.87. The molecule has 0 N–H and O–H groups in total. The van der Waals surface area contributed by atoms with Crippen LogP contribution in [0.3, 0.4) is 0 Å². The molecule has 2 aliphatic heterocycles. The minimum atomic E-state index is 0.0236. The SMILES string of the molecule is Cc1cc2cc3c(cc2nc1SCC(=O)c1ccc2c(c1)OCCO2)OCCO3. The highest BCUT2D eigenvalue weighted by atomic mass is 32.2. The quantitative estimate of drug-likeness (QED) is 0.475. The smallest absolute Gasteiger partial charge is 0.173 e. The van der Waals surface area contributed by atoms with Gasteiger partial charge in [0, 0.05) is 17.0 Å². The zero-order valence-electron chi connectivity index (χ0n) is 15.9. The number of hydrogen-bond acceptors (Lipinski definition) is 7. The maximum absolute atomic E-state index is 12.7. The van der Waals surface area contributed by atoms with Gasteiger partial charge in [-0.1, -0.05) is 11.8 Å². The Kier molecular flexibility index (Phi) is 4.67. The molecule has 2 aliphatic rings. The third kappa shape index (κ3) is 3.58. The molecule has 3 aromatic rings. The van der Waals surface area contributed by atoms with Crippen LogP contribution < -0.4 is 18.9 Å². The molecule has 29 heavy (non-hydrogen) atoms. The Hall–Kier alpha value is -2.93. The molecule has 0 amide bonds. The van der Waals surface area contributed by atoms with Crippen LogP contribution in [0, 0.1) is 6.92 Å². The summed E-state index contributed by atoms with van der Waals surface area (Å²) in [4.78, 5) is 17.4. The van der Waals surface area contributed by atoms with Gasteiger partial charge < -0.3 is 18.9 Å². The van der Waals surface area contributed by atoms with Gasteiger partial charge in [0.15, 0.2) is 28.8 Å². The summed E-state index contributed by atoms with van der Waals surface area (Å²) in [5, 5.41) is 1.83. The Morgan fingerprint density at radius 1 is 0.897 bits per heavy atom. The summed E-state index contributed by atoms with van der Waals surface area (Å²) in [7, 11) is 0. The van der Waals surface area contributed by atoms with E-state index < -0.39 is 0 Å². The van der Waals surface area contributed by atoms with Crippen LogP contribution >= 0.6 is 11.8 Å². The number of aromatic nitrogens is 1. The average Bonchev–Trinajstić information content (AvgIpc) is 2.75. The zero-order chi connectivity index (χ0) is 19.8. The van der Waals surface area contributed by atoms with E-state index in [-0.39, 0.29) is 5.78 Å². The number of Topliss-reactive ketones (excluding diaryl/α,β-unsaturated/α-hetero) is 1. The van der Waals surface area contributed by atoms with Gasteiger partial charge in [0.25, 0.3) is 0 Å². The van der Waals surface area contributed by atoms with Crippen LogP contribution in [0.15, 0.2) is 41.4 Å². The summed E-state index contributed by atoms with van der Waals surface area (Å²) in [5.41, 5.74) is 2.46. The molecular formula is C22H19NO5S. The highest BCUT2D eigenvalue weighted by Crippen LogP contribution is 2.36. The number of carbonyl (C=O) groups is 1. The molecule has 0 atom stereocenters. The number of benzene rings is 2. The van der Waals surface area contributed by atoms with Crippen molar-refractivity contribution in [3.8, 4) is 23.0 Å². The number of pyridine rings is 1. The molecule has 0 spiro atoms. The lowest BCUT2D eigenvalue weighted by Crippen LogP contribution is -2.16. The van der Waals surface area contributed by atoms with Crippen molar-refractivity contribution in [3.05, 3.63) is 47.5 Å². The maximum Gasteiger partial charge on any atom is 0.173 e. The topological polar surface area (TPSA) is 66.9 Å². The van der Waals surface area contributed by atoms with Crippen molar-refractivity contribution in [3.63, 3.8) is 0 Å². The summed E-state index contributed by atoms with van der Waals surface area (Å²) >= 11 is 1.43. The van der Waals surface area contributed by atoms with Crippen molar-refractivity contribution in [1.29, 1.82) is 0 Å². The van der Waals surface area contributed by atoms with Gasteiger partial charge in [-0.2, -0.15) is 0 Å².